The molecule has 0 saturated heterocycles. The van der Waals surface area contributed by atoms with Crippen LogP contribution in [0.2, 0.25) is 0 Å². The fourth-order valence-electron chi connectivity index (χ4n) is 3.19. The molecule has 0 spiro atoms. The van der Waals surface area contributed by atoms with Crippen molar-refractivity contribution in [2.24, 2.45) is 5.92 Å². The Morgan fingerprint density at radius 1 is 0.963 bits per heavy atom. The number of hydrogen-bond donors (Lipinski definition) is 2. The minimum Gasteiger partial charge on any atom is -0.475 e. The van der Waals surface area contributed by atoms with Gasteiger partial charge < -0.3 is 15.1 Å². The average molecular weight is 363 g/mol. The lowest BCUT2D eigenvalue weighted by Crippen LogP contribution is -2.19. The first-order valence-electron chi connectivity index (χ1n) is 9.04. The van der Waals surface area contributed by atoms with Gasteiger partial charge in [-0.05, 0) is 29.9 Å². The second-order valence-electron chi connectivity index (χ2n) is 6.87. The number of benzene rings is 2. The van der Waals surface area contributed by atoms with Crippen LogP contribution in [0, 0.1) is 5.92 Å². The first-order valence-corrected chi connectivity index (χ1v) is 9.04. The molecule has 27 heavy (non-hydrogen) atoms. The highest BCUT2D eigenvalue weighted by Crippen LogP contribution is 2.40. The largest absolute Gasteiger partial charge is 0.475 e. The van der Waals surface area contributed by atoms with Crippen molar-refractivity contribution in [2.45, 2.75) is 25.0 Å². The minimum atomic E-state index is -0.837. The van der Waals surface area contributed by atoms with Crippen LogP contribution < -0.4 is 10.2 Å². The Bertz CT molecular complexity index is 925. The van der Waals surface area contributed by atoms with Crippen LogP contribution in [0.5, 0.6) is 5.75 Å². The number of pyridine rings is 1. The van der Waals surface area contributed by atoms with Crippen LogP contribution in [-0.2, 0) is 0 Å². The number of aliphatic hydroxyl groups excluding tert-OH is 1. The standard InChI is InChI=1S/C22H21NO4/c24-19-13-18(21(25)15-11-12-15)23(26)14-20(19)27-22(16-7-3-1-4-8-16)17-9-5-2-6-10-17/h1-10,13-15,21-22,25-26H,11-12H2. The molecule has 5 nitrogen and oxygen atoms in total. The van der Waals surface area contributed by atoms with Gasteiger partial charge in [0.25, 0.3) is 0 Å². The number of aliphatic hydroxyl groups is 1. The van der Waals surface area contributed by atoms with Crippen LogP contribution in [0.3, 0.4) is 0 Å². The Labute approximate surface area is 157 Å². The molecule has 2 aromatic carbocycles. The number of ether oxygens (including phenoxy) is 1. The molecule has 1 fully saturated rings. The number of aromatic nitrogens is 1. The van der Waals surface area contributed by atoms with Gasteiger partial charge in [0.15, 0.2) is 5.75 Å². The van der Waals surface area contributed by atoms with Gasteiger partial charge in [0.1, 0.15) is 12.2 Å². The molecule has 1 saturated carbocycles. The van der Waals surface area contributed by atoms with E-state index in [1.807, 2.05) is 60.7 Å². The van der Waals surface area contributed by atoms with Gasteiger partial charge in [-0.1, -0.05) is 60.7 Å². The number of rotatable bonds is 6. The molecule has 1 aliphatic carbocycles. The topological polar surface area (TPSA) is 71.7 Å². The van der Waals surface area contributed by atoms with Crippen LogP contribution in [0.15, 0.2) is 77.7 Å². The Morgan fingerprint density at radius 2 is 1.52 bits per heavy atom. The van der Waals surface area contributed by atoms with E-state index in [9.17, 15) is 15.1 Å². The van der Waals surface area contributed by atoms with Crippen LogP contribution in [-0.4, -0.2) is 15.0 Å². The number of nitrogens with zero attached hydrogens (tertiary/aromatic N) is 1. The van der Waals surface area contributed by atoms with Crippen molar-refractivity contribution >= 4 is 0 Å². The summed E-state index contributed by atoms with van der Waals surface area (Å²) in [4.78, 5) is 12.6. The third-order valence-electron chi connectivity index (χ3n) is 4.85. The average Bonchev–Trinajstić information content (AvgIpc) is 3.54. The van der Waals surface area contributed by atoms with Crippen molar-refractivity contribution in [2.75, 3.05) is 0 Å². The number of hydrogen-bond acceptors (Lipinski definition) is 4. The lowest BCUT2D eigenvalue weighted by Gasteiger charge is -2.21. The highest BCUT2D eigenvalue weighted by molar-refractivity contribution is 5.33. The Hall–Kier alpha value is -3.05. The molecule has 3 aromatic rings. The Morgan fingerprint density at radius 3 is 2.04 bits per heavy atom. The summed E-state index contributed by atoms with van der Waals surface area (Å²) in [5.74, 6) is 0.137. The van der Waals surface area contributed by atoms with Crippen LogP contribution in [0.1, 0.15) is 41.9 Å². The van der Waals surface area contributed by atoms with E-state index in [1.54, 1.807) is 0 Å². The maximum atomic E-state index is 12.6. The zero-order valence-corrected chi connectivity index (χ0v) is 14.7. The molecule has 1 unspecified atom stereocenters. The second-order valence-corrected chi connectivity index (χ2v) is 6.87. The first kappa shape index (κ1) is 17.4. The van der Waals surface area contributed by atoms with Crippen molar-refractivity contribution < 1.29 is 15.1 Å². The van der Waals surface area contributed by atoms with Crippen LogP contribution in [0.4, 0.5) is 0 Å². The monoisotopic (exact) mass is 363 g/mol. The quantitative estimate of drug-likeness (QED) is 0.655. The summed E-state index contributed by atoms with van der Waals surface area (Å²) in [5.41, 5.74) is 1.63. The maximum Gasteiger partial charge on any atom is 0.224 e. The van der Waals surface area contributed by atoms with Crippen molar-refractivity contribution in [1.82, 2.24) is 4.73 Å². The lowest BCUT2D eigenvalue weighted by molar-refractivity contribution is 0.0956. The summed E-state index contributed by atoms with van der Waals surface area (Å²) >= 11 is 0. The maximum absolute atomic E-state index is 12.6. The van der Waals surface area contributed by atoms with Gasteiger partial charge in [0, 0.05) is 6.07 Å². The van der Waals surface area contributed by atoms with Crippen LogP contribution >= 0.6 is 0 Å². The molecule has 0 bridgehead atoms. The molecule has 1 aliphatic rings. The van der Waals surface area contributed by atoms with Gasteiger partial charge in [-0.3, -0.25) is 4.79 Å². The Balaban J connectivity index is 1.69. The minimum absolute atomic E-state index is 0.0296. The summed E-state index contributed by atoms with van der Waals surface area (Å²) in [7, 11) is 0. The van der Waals surface area contributed by atoms with E-state index >= 15 is 0 Å². The van der Waals surface area contributed by atoms with Gasteiger partial charge in [0.2, 0.25) is 5.43 Å². The fraction of sp³-hybridized carbons (Fsp3) is 0.227. The third kappa shape index (κ3) is 3.73. The van der Waals surface area contributed by atoms with Gasteiger partial charge in [-0.2, -0.15) is 4.73 Å². The first-order chi connectivity index (χ1) is 13.1. The lowest BCUT2D eigenvalue weighted by atomic mass is 10.0. The van der Waals surface area contributed by atoms with E-state index < -0.39 is 12.2 Å². The van der Waals surface area contributed by atoms with E-state index in [0.717, 1.165) is 28.7 Å². The predicted octanol–water partition coefficient (Wildman–Crippen LogP) is 3.70. The van der Waals surface area contributed by atoms with Crippen LogP contribution in [0.25, 0.3) is 0 Å². The third-order valence-corrected chi connectivity index (χ3v) is 4.85. The molecule has 2 N–H and O–H groups in total. The zero-order valence-electron chi connectivity index (χ0n) is 14.7. The van der Waals surface area contributed by atoms with E-state index in [0.29, 0.717) is 0 Å². The molecular formula is C22H21NO4. The summed E-state index contributed by atoms with van der Waals surface area (Å²) in [6.45, 7) is 0. The molecule has 1 heterocycles. The molecule has 1 aromatic heterocycles. The van der Waals surface area contributed by atoms with Gasteiger partial charge >= 0.3 is 0 Å². The van der Waals surface area contributed by atoms with E-state index in [-0.39, 0.29) is 22.8 Å². The summed E-state index contributed by atoms with van der Waals surface area (Å²) in [6.07, 6.45) is 1.72. The fourth-order valence-corrected chi connectivity index (χ4v) is 3.19. The molecule has 138 valence electrons. The molecular weight excluding hydrogens is 342 g/mol. The summed E-state index contributed by atoms with van der Waals surface area (Å²) in [5, 5.41) is 20.5. The summed E-state index contributed by atoms with van der Waals surface area (Å²) < 4.78 is 6.83. The molecule has 4 rings (SSSR count). The normalized spacial score (nSPS) is 14.9. The molecule has 0 amide bonds. The van der Waals surface area contributed by atoms with Crippen molar-refractivity contribution in [1.29, 1.82) is 0 Å². The van der Waals surface area contributed by atoms with Gasteiger partial charge in [-0.25, -0.2) is 0 Å². The highest BCUT2D eigenvalue weighted by atomic mass is 16.5. The van der Waals surface area contributed by atoms with Gasteiger partial charge in [-0.15, -0.1) is 0 Å². The molecule has 5 heteroatoms. The summed E-state index contributed by atoms with van der Waals surface area (Å²) in [6, 6.07) is 20.5. The Kier molecular flexibility index (Phi) is 4.69. The van der Waals surface area contributed by atoms with E-state index in [4.69, 9.17) is 4.74 Å². The molecule has 0 radical (unpaired) electrons. The van der Waals surface area contributed by atoms with Crippen molar-refractivity contribution in [3.8, 4) is 5.75 Å². The van der Waals surface area contributed by atoms with Crippen molar-refractivity contribution in [3.05, 3.63) is 100.0 Å². The zero-order chi connectivity index (χ0) is 18.8. The highest BCUT2D eigenvalue weighted by Gasteiger charge is 2.33. The second kappa shape index (κ2) is 7.29. The van der Waals surface area contributed by atoms with E-state index in [1.165, 1.54) is 12.3 Å². The predicted molar refractivity (Wildman–Crippen MR) is 101 cm³/mol. The molecule has 0 aliphatic heterocycles. The van der Waals surface area contributed by atoms with Gasteiger partial charge in [0.05, 0.1) is 11.9 Å². The SMILES string of the molecule is O=c1cc(C(O)C2CC2)n(O)cc1OC(c1ccccc1)c1ccccc1. The smallest absolute Gasteiger partial charge is 0.224 e. The van der Waals surface area contributed by atoms with E-state index in [2.05, 4.69) is 0 Å². The van der Waals surface area contributed by atoms with Crippen molar-refractivity contribution in [3.63, 3.8) is 0 Å². The molecule has 1 atom stereocenters.